The Morgan fingerprint density at radius 3 is 1.82 bits per heavy atom. The average Bonchev–Trinajstić information content (AvgIpc) is 2.66. The van der Waals surface area contributed by atoms with Crippen LogP contribution in [0.1, 0.15) is 45.2 Å². The van der Waals surface area contributed by atoms with Gasteiger partial charge in [-0.05, 0) is 58.1 Å². The van der Waals surface area contributed by atoms with Crippen LogP contribution in [0.15, 0.2) is 24.3 Å². The first-order valence-corrected chi connectivity index (χ1v) is 13.2. The molecule has 0 radical (unpaired) electrons. The molecule has 1 aliphatic carbocycles. The van der Waals surface area contributed by atoms with Gasteiger partial charge in [0.1, 0.15) is 0 Å². The zero-order valence-corrected chi connectivity index (χ0v) is 19.0. The Morgan fingerprint density at radius 2 is 1.36 bits per heavy atom. The van der Waals surface area contributed by atoms with E-state index in [-0.39, 0.29) is 32.5 Å². The normalized spacial score (nSPS) is 17.7. The second kappa shape index (κ2) is 11.0. The van der Waals surface area contributed by atoms with Crippen LogP contribution < -0.4 is 5.32 Å². The molecule has 0 spiro atoms. The number of aryl methyl sites for hydroxylation is 1. The predicted molar refractivity (Wildman–Crippen MR) is 111 cm³/mol. The van der Waals surface area contributed by atoms with Crippen molar-refractivity contribution in [2.75, 3.05) is 26.4 Å². The minimum atomic E-state index is -3.79. The van der Waals surface area contributed by atoms with Crippen LogP contribution in [0, 0.1) is 0 Å². The van der Waals surface area contributed by atoms with E-state index < -0.39 is 20.7 Å². The van der Waals surface area contributed by atoms with Gasteiger partial charge in [-0.25, -0.2) is 0 Å². The van der Waals surface area contributed by atoms with Gasteiger partial charge in [0, 0.05) is 6.04 Å². The molecule has 1 unspecified atom stereocenters. The molecule has 0 saturated heterocycles. The van der Waals surface area contributed by atoms with Gasteiger partial charge in [0.15, 0.2) is 0 Å². The van der Waals surface area contributed by atoms with Gasteiger partial charge in [-0.15, -0.1) is 0 Å². The summed E-state index contributed by atoms with van der Waals surface area (Å²) in [6, 6.07) is 8.22. The van der Waals surface area contributed by atoms with Gasteiger partial charge in [-0.3, -0.25) is 14.4 Å². The Hall–Kier alpha value is -0.520. The lowest BCUT2D eigenvalue weighted by molar-refractivity contribution is 0.186. The molecule has 0 aromatic heterocycles. The monoisotopic (exact) mass is 433 g/mol. The van der Waals surface area contributed by atoms with Gasteiger partial charge in [0.2, 0.25) is 5.52 Å². The Labute approximate surface area is 168 Å². The molecule has 0 aliphatic heterocycles. The molecule has 28 heavy (non-hydrogen) atoms. The lowest BCUT2D eigenvalue weighted by Crippen LogP contribution is -2.42. The molecule has 0 amide bonds. The second-order valence-corrected chi connectivity index (χ2v) is 11.1. The summed E-state index contributed by atoms with van der Waals surface area (Å²) in [5, 5.41) is 3.29. The average molecular weight is 433 g/mol. The van der Waals surface area contributed by atoms with Crippen LogP contribution >= 0.6 is 15.2 Å². The van der Waals surface area contributed by atoms with E-state index in [1.165, 1.54) is 11.1 Å². The number of benzene rings is 1. The summed E-state index contributed by atoms with van der Waals surface area (Å²) in [7, 11) is -7.57. The van der Waals surface area contributed by atoms with Crippen molar-refractivity contribution in [3.63, 3.8) is 0 Å². The van der Waals surface area contributed by atoms with Crippen LogP contribution in [-0.4, -0.2) is 38.0 Å². The maximum Gasteiger partial charge on any atom is 0.359 e. The first kappa shape index (κ1) is 23.8. The minimum Gasteiger partial charge on any atom is -0.307 e. The predicted octanol–water partition coefficient (Wildman–Crippen LogP) is 4.95. The van der Waals surface area contributed by atoms with Crippen LogP contribution in [0.5, 0.6) is 0 Å². The van der Waals surface area contributed by atoms with Crippen molar-refractivity contribution in [3.8, 4) is 0 Å². The van der Waals surface area contributed by atoms with Crippen LogP contribution in [-0.2, 0) is 40.1 Å². The highest BCUT2D eigenvalue weighted by Gasteiger charge is 2.51. The van der Waals surface area contributed by atoms with Gasteiger partial charge in [0.25, 0.3) is 0 Å². The van der Waals surface area contributed by atoms with E-state index in [1.54, 1.807) is 27.7 Å². The molecule has 1 atom stereocenters. The highest BCUT2D eigenvalue weighted by molar-refractivity contribution is 7.72. The Kier molecular flexibility index (Phi) is 9.36. The molecule has 1 aliphatic rings. The molecular formula is C19H33NO6P2. The minimum absolute atomic E-state index is 0.0385. The summed E-state index contributed by atoms with van der Waals surface area (Å²) in [6.07, 6.45) is 2.45. The van der Waals surface area contributed by atoms with Crippen LogP contribution in [0.4, 0.5) is 0 Å². The van der Waals surface area contributed by atoms with Crippen molar-refractivity contribution in [2.24, 2.45) is 0 Å². The maximum absolute atomic E-state index is 13.6. The maximum atomic E-state index is 13.6. The Bertz CT molecular complexity index is 663. The largest absolute Gasteiger partial charge is 0.359 e. The molecule has 9 heteroatoms. The van der Waals surface area contributed by atoms with E-state index in [2.05, 4.69) is 17.4 Å². The summed E-state index contributed by atoms with van der Waals surface area (Å²) < 4.78 is 49.3. The second-order valence-electron chi connectivity index (χ2n) is 6.50. The number of hydrogen-bond donors (Lipinski definition) is 1. The van der Waals surface area contributed by atoms with Gasteiger partial charge in [-0.2, -0.15) is 0 Å². The fourth-order valence-electron chi connectivity index (χ4n) is 3.48. The first-order valence-electron chi connectivity index (χ1n) is 10.0. The smallest absolute Gasteiger partial charge is 0.307 e. The molecule has 1 N–H and O–H groups in total. The fourth-order valence-corrected chi connectivity index (χ4v) is 8.61. The third-order valence-corrected chi connectivity index (χ3v) is 10.2. The van der Waals surface area contributed by atoms with Gasteiger partial charge in [0.05, 0.1) is 26.4 Å². The molecule has 0 bridgehead atoms. The molecular weight excluding hydrogens is 400 g/mol. The topological polar surface area (TPSA) is 83.1 Å². The van der Waals surface area contributed by atoms with Crippen molar-refractivity contribution in [1.29, 1.82) is 0 Å². The third kappa shape index (κ3) is 5.76. The quantitative estimate of drug-likeness (QED) is 0.467. The van der Waals surface area contributed by atoms with Gasteiger partial charge >= 0.3 is 15.2 Å². The number of rotatable bonds is 12. The molecule has 1 aromatic carbocycles. The third-order valence-electron chi connectivity index (χ3n) is 4.57. The van der Waals surface area contributed by atoms with Gasteiger partial charge in [-0.1, -0.05) is 24.3 Å². The highest BCUT2D eigenvalue weighted by Crippen LogP contribution is 2.69. The van der Waals surface area contributed by atoms with Crippen molar-refractivity contribution in [2.45, 2.75) is 58.5 Å². The van der Waals surface area contributed by atoms with Crippen molar-refractivity contribution in [1.82, 2.24) is 5.32 Å². The van der Waals surface area contributed by atoms with E-state index in [1.807, 2.05) is 12.1 Å². The molecule has 2 rings (SSSR count). The Balaban J connectivity index is 2.35. The highest BCUT2D eigenvalue weighted by atomic mass is 31.2. The molecule has 7 nitrogen and oxygen atoms in total. The summed E-state index contributed by atoms with van der Waals surface area (Å²) in [5.74, 6) is 0. The van der Waals surface area contributed by atoms with E-state index in [0.29, 0.717) is 0 Å². The van der Waals surface area contributed by atoms with Crippen LogP contribution in [0.3, 0.4) is 0 Å². The zero-order chi connectivity index (χ0) is 20.6. The molecule has 1 aromatic rings. The number of fused-ring (bicyclic) bond motifs is 1. The van der Waals surface area contributed by atoms with Crippen LogP contribution in [0.25, 0.3) is 0 Å². The van der Waals surface area contributed by atoms with Crippen molar-refractivity contribution < 1.29 is 27.2 Å². The SMILES string of the molecule is CCOP(=O)(OCC)C(NC1CCc2ccccc2C1)P(=O)(OCC)OCC. The summed E-state index contributed by atoms with van der Waals surface area (Å²) in [6.45, 7) is 7.58. The number of nitrogens with one attached hydrogen (secondary N) is 1. The fraction of sp³-hybridized carbons (Fsp3) is 0.684. The molecule has 0 fully saturated rings. The standard InChI is InChI=1S/C19H33NO6P2/c1-5-23-27(21,24-6-2)19(28(22,25-7-3)26-8-4)20-18-14-13-16-11-9-10-12-17(16)15-18/h9-12,18-20H,5-8,13-15H2,1-4H3. The van der Waals surface area contributed by atoms with E-state index in [0.717, 1.165) is 19.3 Å². The molecule has 0 heterocycles. The lowest BCUT2D eigenvalue weighted by atomic mass is 9.88. The van der Waals surface area contributed by atoms with E-state index >= 15 is 0 Å². The zero-order valence-electron chi connectivity index (χ0n) is 17.3. The first-order chi connectivity index (χ1) is 13.4. The van der Waals surface area contributed by atoms with Crippen molar-refractivity contribution >= 4 is 15.2 Å². The summed E-state index contributed by atoms with van der Waals surface area (Å²) >= 11 is 0. The van der Waals surface area contributed by atoms with Crippen molar-refractivity contribution in [3.05, 3.63) is 35.4 Å². The van der Waals surface area contributed by atoms with E-state index in [4.69, 9.17) is 18.1 Å². The van der Waals surface area contributed by atoms with Crippen LogP contribution in [0.2, 0.25) is 0 Å². The molecule has 160 valence electrons. The number of hydrogen-bond acceptors (Lipinski definition) is 7. The molecule has 0 saturated carbocycles. The summed E-state index contributed by atoms with van der Waals surface area (Å²) in [5.41, 5.74) is 1.37. The van der Waals surface area contributed by atoms with E-state index in [9.17, 15) is 9.13 Å². The summed E-state index contributed by atoms with van der Waals surface area (Å²) in [4.78, 5) is 0. The Morgan fingerprint density at radius 1 is 0.893 bits per heavy atom. The lowest BCUT2D eigenvalue weighted by Gasteiger charge is -2.35. The van der Waals surface area contributed by atoms with Gasteiger partial charge < -0.3 is 18.1 Å².